The van der Waals surface area contributed by atoms with Gasteiger partial charge in [0.2, 0.25) is 17.7 Å². The highest BCUT2D eigenvalue weighted by molar-refractivity contribution is 5.92. The summed E-state index contributed by atoms with van der Waals surface area (Å²) in [4.78, 5) is 39.5. The summed E-state index contributed by atoms with van der Waals surface area (Å²) in [5, 5.41) is 8.68. The molecule has 1 aliphatic carbocycles. The van der Waals surface area contributed by atoms with E-state index in [2.05, 4.69) is 16.0 Å². The number of nitrogens with two attached hydrogens (primary N) is 2. The van der Waals surface area contributed by atoms with Gasteiger partial charge in [-0.1, -0.05) is 43.5 Å². The SMILES string of the molecule is CNC(=O)CN[C@@H](C(=O)N1CC[C@H]1C(=O)NCc1ccc(C(N)N)cc1)C1CCCCC1. The van der Waals surface area contributed by atoms with Gasteiger partial charge in [0.25, 0.3) is 0 Å². The summed E-state index contributed by atoms with van der Waals surface area (Å²) >= 11 is 0. The third-order valence-electron chi connectivity index (χ3n) is 6.59. The highest BCUT2D eigenvalue weighted by Crippen LogP contribution is 2.29. The molecule has 1 saturated carbocycles. The topological polar surface area (TPSA) is 143 Å². The van der Waals surface area contributed by atoms with Gasteiger partial charge in [-0.15, -0.1) is 0 Å². The molecule has 3 rings (SSSR count). The van der Waals surface area contributed by atoms with Crippen LogP contribution in [0.2, 0.25) is 0 Å². The smallest absolute Gasteiger partial charge is 0.243 e. The van der Waals surface area contributed by atoms with Crippen LogP contribution in [0.3, 0.4) is 0 Å². The van der Waals surface area contributed by atoms with Crippen LogP contribution in [0, 0.1) is 5.92 Å². The Labute approximate surface area is 189 Å². The van der Waals surface area contributed by atoms with Crippen molar-refractivity contribution in [1.29, 1.82) is 0 Å². The Morgan fingerprint density at radius 2 is 1.75 bits per heavy atom. The van der Waals surface area contributed by atoms with Crippen LogP contribution in [0.15, 0.2) is 24.3 Å². The predicted octanol–water partition coefficient (Wildman–Crippen LogP) is 0.104. The molecule has 1 aromatic rings. The van der Waals surface area contributed by atoms with Crippen molar-refractivity contribution in [3.63, 3.8) is 0 Å². The molecule has 0 aromatic heterocycles. The van der Waals surface area contributed by atoms with E-state index < -0.39 is 18.2 Å². The number of hydrogen-bond donors (Lipinski definition) is 5. The standard InChI is InChI=1S/C23H36N6O3/c1-26-19(30)14-27-20(16-5-3-2-4-6-16)23(32)29-12-11-18(29)22(31)28-13-15-7-9-17(10-8-15)21(24)25/h7-10,16,18,20-21,27H,2-6,11-14,24-25H2,1H3,(H,26,30)(H,28,31)/t18-,20+/m0/s1. The van der Waals surface area contributed by atoms with E-state index in [0.717, 1.165) is 36.8 Å². The van der Waals surface area contributed by atoms with Gasteiger partial charge < -0.3 is 27.0 Å². The van der Waals surface area contributed by atoms with E-state index in [1.165, 1.54) is 6.42 Å². The third-order valence-corrected chi connectivity index (χ3v) is 6.59. The Morgan fingerprint density at radius 3 is 2.31 bits per heavy atom. The van der Waals surface area contributed by atoms with Crippen molar-refractivity contribution in [2.75, 3.05) is 20.1 Å². The maximum absolute atomic E-state index is 13.3. The molecule has 0 radical (unpaired) electrons. The summed E-state index contributed by atoms with van der Waals surface area (Å²) in [5.41, 5.74) is 13.1. The lowest BCUT2D eigenvalue weighted by atomic mass is 9.82. The number of nitrogens with one attached hydrogen (secondary N) is 3. The molecule has 1 aromatic carbocycles. The molecule has 32 heavy (non-hydrogen) atoms. The molecule has 0 spiro atoms. The fourth-order valence-corrected chi connectivity index (χ4v) is 4.48. The van der Waals surface area contributed by atoms with Gasteiger partial charge in [0.15, 0.2) is 0 Å². The van der Waals surface area contributed by atoms with Crippen LogP contribution in [-0.2, 0) is 20.9 Å². The number of carbonyl (C=O) groups excluding carboxylic acids is 3. The van der Waals surface area contributed by atoms with Crippen LogP contribution >= 0.6 is 0 Å². The van der Waals surface area contributed by atoms with E-state index in [9.17, 15) is 14.4 Å². The molecule has 1 heterocycles. The number of rotatable bonds is 9. The van der Waals surface area contributed by atoms with Crippen LogP contribution in [0.1, 0.15) is 55.8 Å². The summed E-state index contributed by atoms with van der Waals surface area (Å²) in [6.45, 7) is 1.03. The second-order valence-electron chi connectivity index (χ2n) is 8.75. The molecule has 1 aliphatic heterocycles. The van der Waals surface area contributed by atoms with Gasteiger partial charge in [0.1, 0.15) is 6.04 Å². The van der Waals surface area contributed by atoms with Crippen molar-refractivity contribution < 1.29 is 14.4 Å². The molecule has 0 bridgehead atoms. The fourth-order valence-electron chi connectivity index (χ4n) is 4.48. The van der Waals surface area contributed by atoms with Gasteiger partial charge >= 0.3 is 0 Å². The number of benzene rings is 1. The van der Waals surface area contributed by atoms with Crippen molar-refractivity contribution in [1.82, 2.24) is 20.9 Å². The van der Waals surface area contributed by atoms with Gasteiger partial charge in [-0.3, -0.25) is 19.7 Å². The molecule has 9 heteroatoms. The highest BCUT2D eigenvalue weighted by Gasteiger charge is 2.42. The van der Waals surface area contributed by atoms with Gasteiger partial charge in [-0.2, -0.15) is 0 Å². The number of likely N-dealkylation sites (tertiary alicyclic amines) is 1. The normalized spacial score (nSPS) is 19.9. The first-order valence-electron chi connectivity index (χ1n) is 11.5. The average Bonchev–Trinajstić information content (AvgIpc) is 2.77. The lowest BCUT2D eigenvalue weighted by Crippen LogP contribution is -2.63. The third kappa shape index (κ3) is 6.05. The molecule has 1 saturated heterocycles. The van der Waals surface area contributed by atoms with Gasteiger partial charge in [-0.05, 0) is 36.3 Å². The van der Waals surface area contributed by atoms with E-state index in [1.54, 1.807) is 11.9 Å². The van der Waals surface area contributed by atoms with Gasteiger partial charge in [0, 0.05) is 20.1 Å². The molecule has 7 N–H and O–H groups in total. The van der Waals surface area contributed by atoms with Crippen molar-refractivity contribution in [2.45, 2.75) is 63.3 Å². The summed E-state index contributed by atoms with van der Waals surface area (Å²) in [6, 6.07) is 6.56. The van der Waals surface area contributed by atoms with E-state index >= 15 is 0 Å². The first kappa shape index (κ1) is 24.2. The minimum Gasteiger partial charge on any atom is -0.358 e. The maximum Gasteiger partial charge on any atom is 0.243 e. The zero-order chi connectivity index (χ0) is 23.1. The molecule has 0 unspecified atom stereocenters. The first-order chi connectivity index (χ1) is 15.4. The second kappa shape index (κ2) is 11.4. The molecule has 2 atom stereocenters. The number of nitrogens with zero attached hydrogens (tertiary/aromatic N) is 1. The highest BCUT2D eigenvalue weighted by atomic mass is 16.2. The molecular weight excluding hydrogens is 408 g/mol. The monoisotopic (exact) mass is 444 g/mol. The number of likely N-dealkylation sites (N-methyl/N-ethyl adjacent to an activating group) is 1. The van der Waals surface area contributed by atoms with E-state index in [1.807, 2.05) is 24.3 Å². The number of hydrogen-bond acceptors (Lipinski definition) is 6. The Morgan fingerprint density at radius 1 is 1.06 bits per heavy atom. The predicted molar refractivity (Wildman–Crippen MR) is 122 cm³/mol. The summed E-state index contributed by atoms with van der Waals surface area (Å²) in [7, 11) is 1.58. The van der Waals surface area contributed by atoms with Crippen LogP contribution in [0.25, 0.3) is 0 Å². The van der Waals surface area contributed by atoms with Crippen molar-refractivity contribution in [3.8, 4) is 0 Å². The molecule has 176 valence electrons. The summed E-state index contributed by atoms with van der Waals surface area (Å²) < 4.78 is 0. The van der Waals surface area contributed by atoms with Gasteiger partial charge in [-0.25, -0.2) is 0 Å². The molecule has 3 amide bonds. The van der Waals surface area contributed by atoms with E-state index in [4.69, 9.17) is 11.5 Å². The minimum absolute atomic E-state index is 0.0755. The van der Waals surface area contributed by atoms with Crippen molar-refractivity contribution in [3.05, 3.63) is 35.4 Å². The molecule has 9 nitrogen and oxygen atoms in total. The first-order valence-corrected chi connectivity index (χ1v) is 11.5. The minimum atomic E-state index is -0.526. The lowest BCUT2D eigenvalue weighted by Gasteiger charge is -2.43. The average molecular weight is 445 g/mol. The number of carbonyl (C=O) groups is 3. The zero-order valence-electron chi connectivity index (χ0n) is 18.8. The van der Waals surface area contributed by atoms with Crippen molar-refractivity contribution >= 4 is 17.7 Å². The van der Waals surface area contributed by atoms with E-state index in [-0.39, 0.29) is 30.2 Å². The maximum atomic E-state index is 13.3. The quantitative estimate of drug-likeness (QED) is 0.342. The Bertz CT molecular complexity index is 791. The van der Waals surface area contributed by atoms with E-state index in [0.29, 0.717) is 19.5 Å². The Balaban J connectivity index is 1.58. The molecule has 2 aliphatic rings. The Kier molecular flexibility index (Phi) is 8.60. The van der Waals surface area contributed by atoms with Crippen LogP contribution in [0.4, 0.5) is 0 Å². The van der Waals surface area contributed by atoms with Crippen LogP contribution in [-0.4, -0.2) is 54.8 Å². The Hall–Kier alpha value is -2.49. The van der Waals surface area contributed by atoms with Crippen LogP contribution in [0.5, 0.6) is 0 Å². The van der Waals surface area contributed by atoms with Crippen molar-refractivity contribution in [2.24, 2.45) is 17.4 Å². The number of amides is 3. The zero-order valence-corrected chi connectivity index (χ0v) is 18.8. The van der Waals surface area contributed by atoms with Crippen LogP contribution < -0.4 is 27.4 Å². The largest absolute Gasteiger partial charge is 0.358 e. The van der Waals surface area contributed by atoms with Gasteiger partial charge in [0.05, 0.1) is 18.8 Å². The lowest BCUT2D eigenvalue weighted by molar-refractivity contribution is -0.150. The fraction of sp³-hybridized carbons (Fsp3) is 0.609. The molecule has 2 fully saturated rings. The second-order valence-corrected chi connectivity index (χ2v) is 8.75. The summed E-state index contributed by atoms with van der Waals surface area (Å²) in [5.74, 6) is -0.192. The molecular formula is C23H36N6O3. The summed E-state index contributed by atoms with van der Waals surface area (Å²) in [6.07, 6.45) is 5.41.